The summed E-state index contributed by atoms with van der Waals surface area (Å²) in [5.41, 5.74) is 1.50. The van der Waals surface area contributed by atoms with Crippen molar-refractivity contribution in [1.29, 1.82) is 0 Å². The Labute approximate surface area is 167 Å². The first-order valence-corrected chi connectivity index (χ1v) is 9.14. The van der Waals surface area contributed by atoms with E-state index in [0.29, 0.717) is 22.3 Å². The highest BCUT2D eigenvalue weighted by molar-refractivity contribution is 5.93. The Kier molecular flexibility index (Phi) is 5.12. The molecule has 1 heterocycles. The van der Waals surface area contributed by atoms with Crippen LogP contribution in [-0.4, -0.2) is 12.6 Å². The Morgan fingerprint density at radius 1 is 0.897 bits per heavy atom. The molecule has 4 rings (SSSR count). The highest BCUT2D eigenvalue weighted by Crippen LogP contribution is 2.34. The van der Waals surface area contributed by atoms with E-state index in [1.165, 1.54) is 0 Å². The number of ether oxygens (including phenoxy) is 2. The van der Waals surface area contributed by atoms with Gasteiger partial charge >= 0.3 is 11.6 Å². The zero-order valence-corrected chi connectivity index (χ0v) is 15.8. The van der Waals surface area contributed by atoms with Crippen molar-refractivity contribution in [2.75, 3.05) is 6.61 Å². The molecule has 3 aromatic carbocycles. The van der Waals surface area contributed by atoms with Gasteiger partial charge < -0.3 is 13.9 Å². The van der Waals surface area contributed by atoms with Crippen LogP contribution in [0.4, 0.5) is 0 Å². The number of aryl methyl sites for hydroxylation is 1. The predicted molar refractivity (Wildman–Crippen MR) is 110 cm³/mol. The quantitative estimate of drug-likeness (QED) is 0.366. The summed E-state index contributed by atoms with van der Waals surface area (Å²) in [6.45, 7) is 1.61. The molecule has 4 aromatic rings. The molecular weight excluding hydrogens is 368 g/mol. The summed E-state index contributed by atoms with van der Waals surface area (Å²) in [6, 6.07) is 23.3. The van der Waals surface area contributed by atoms with Gasteiger partial charge in [0.2, 0.25) is 0 Å². The smallest absolute Gasteiger partial charge is 0.349 e. The van der Waals surface area contributed by atoms with Crippen LogP contribution in [0.25, 0.3) is 22.1 Å². The molecule has 5 nitrogen and oxygen atoms in total. The van der Waals surface area contributed by atoms with E-state index in [4.69, 9.17) is 13.9 Å². The number of benzene rings is 3. The summed E-state index contributed by atoms with van der Waals surface area (Å²) in [4.78, 5) is 25.2. The van der Waals surface area contributed by atoms with Gasteiger partial charge in [0.1, 0.15) is 16.9 Å². The van der Waals surface area contributed by atoms with Crippen molar-refractivity contribution in [2.45, 2.75) is 6.92 Å². The summed E-state index contributed by atoms with van der Waals surface area (Å²) < 4.78 is 16.7. The van der Waals surface area contributed by atoms with Crippen LogP contribution in [0.5, 0.6) is 11.5 Å². The zero-order valence-electron chi connectivity index (χ0n) is 15.8. The number of carbonyl (C=O) groups excluding carboxylic acids is 1. The van der Waals surface area contributed by atoms with Crippen molar-refractivity contribution in [3.63, 3.8) is 0 Å². The van der Waals surface area contributed by atoms with Crippen LogP contribution >= 0.6 is 0 Å². The minimum absolute atomic E-state index is 0.168. The molecule has 29 heavy (non-hydrogen) atoms. The number of para-hydroxylation sites is 2. The average Bonchev–Trinajstić information content (AvgIpc) is 2.74. The number of fused-ring (bicyclic) bond motifs is 1. The first kappa shape index (κ1) is 18.5. The van der Waals surface area contributed by atoms with E-state index in [1.807, 2.05) is 31.2 Å². The van der Waals surface area contributed by atoms with Gasteiger partial charge in [0, 0.05) is 0 Å². The van der Waals surface area contributed by atoms with Gasteiger partial charge in [-0.25, -0.2) is 9.59 Å². The van der Waals surface area contributed by atoms with Crippen LogP contribution in [0.15, 0.2) is 88.1 Å². The summed E-state index contributed by atoms with van der Waals surface area (Å²) >= 11 is 0. The fourth-order valence-corrected chi connectivity index (χ4v) is 3.08. The molecule has 0 aliphatic heterocycles. The van der Waals surface area contributed by atoms with E-state index < -0.39 is 11.6 Å². The molecule has 0 amide bonds. The van der Waals surface area contributed by atoms with Gasteiger partial charge in [-0.2, -0.15) is 0 Å². The molecular formula is C24H18O5. The largest absolute Gasteiger partial charge is 0.482 e. The van der Waals surface area contributed by atoms with E-state index in [2.05, 4.69) is 0 Å². The van der Waals surface area contributed by atoms with Crippen LogP contribution in [-0.2, 0) is 4.79 Å². The van der Waals surface area contributed by atoms with Crippen molar-refractivity contribution >= 4 is 16.9 Å². The maximum atomic E-state index is 12.7. The standard InChI is InChI=1S/C24H18O5/c1-16-9-5-7-13-19(16)27-15-21(25)29-23-18-12-6-8-14-20(18)28-24(26)22(23)17-10-3-2-4-11-17/h2-14H,15H2,1H3. The van der Waals surface area contributed by atoms with Crippen LogP contribution in [0.2, 0.25) is 0 Å². The molecule has 5 heteroatoms. The molecule has 0 N–H and O–H groups in total. The van der Waals surface area contributed by atoms with E-state index in [0.717, 1.165) is 5.56 Å². The number of hydrogen-bond donors (Lipinski definition) is 0. The molecule has 0 saturated carbocycles. The van der Waals surface area contributed by atoms with E-state index >= 15 is 0 Å². The predicted octanol–water partition coefficient (Wildman–Crippen LogP) is 4.75. The van der Waals surface area contributed by atoms with Gasteiger partial charge in [-0.15, -0.1) is 0 Å². The maximum absolute atomic E-state index is 12.7. The third-order valence-corrected chi connectivity index (χ3v) is 4.48. The van der Waals surface area contributed by atoms with E-state index in [9.17, 15) is 9.59 Å². The molecule has 1 aromatic heterocycles. The number of esters is 1. The molecule has 0 aliphatic rings. The topological polar surface area (TPSA) is 65.7 Å². The third-order valence-electron chi connectivity index (χ3n) is 4.48. The normalized spacial score (nSPS) is 10.7. The molecule has 0 fully saturated rings. The third kappa shape index (κ3) is 3.89. The molecule has 0 spiro atoms. The van der Waals surface area contributed by atoms with Crippen LogP contribution in [0, 0.1) is 6.92 Å². The summed E-state index contributed by atoms with van der Waals surface area (Å²) in [5.74, 6) is 0.160. The summed E-state index contributed by atoms with van der Waals surface area (Å²) in [7, 11) is 0. The molecule has 0 atom stereocenters. The highest BCUT2D eigenvalue weighted by Gasteiger charge is 2.20. The average molecular weight is 386 g/mol. The summed E-state index contributed by atoms with van der Waals surface area (Å²) in [5, 5.41) is 0.537. The Balaban J connectivity index is 1.71. The van der Waals surface area contributed by atoms with Crippen molar-refractivity contribution < 1.29 is 18.7 Å². The number of rotatable bonds is 5. The van der Waals surface area contributed by atoms with Crippen LogP contribution in [0.1, 0.15) is 5.56 Å². The lowest BCUT2D eigenvalue weighted by molar-refractivity contribution is -0.136. The first-order chi connectivity index (χ1) is 14.1. The van der Waals surface area contributed by atoms with Gasteiger partial charge in [-0.1, -0.05) is 60.7 Å². The van der Waals surface area contributed by atoms with Gasteiger partial charge in [0.05, 0.1) is 5.39 Å². The number of hydrogen-bond acceptors (Lipinski definition) is 5. The van der Waals surface area contributed by atoms with Crippen molar-refractivity contribution in [1.82, 2.24) is 0 Å². The fraction of sp³-hybridized carbons (Fsp3) is 0.0833. The Morgan fingerprint density at radius 2 is 1.59 bits per heavy atom. The monoisotopic (exact) mass is 386 g/mol. The Morgan fingerprint density at radius 3 is 2.38 bits per heavy atom. The lowest BCUT2D eigenvalue weighted by atomic mass is 10.0. The molecule has 0 radical (unpaired) electrons. The fourth-order valence-electron chi connectivity index (χ4n) is 3.08. The van der Waals surface area contributed by atoms with Crippen molar-refractivity contribution in [2.24, 2.45) is 0 Å². The second kappa shape index (κ2) is 8.02. The summed E-state index contributed by atoms with van der Waals surface area (Å²) in [6.07, 6.45) is 0. The maximum Gasteiger partial charge on any atom is 0.349 e. The van der Waals surface area contributed by atoms with Gasteiger partial charge in [-0.3, -0.25) is 0 Å². The molecule has 144 valence electrons. The zero-order chi connectivity index (χ0) is 20.2. The van der Waals surface area contributed by atoms with Gasteiger partial charge in [0.25, 0.3) is 0 Å². The lowest BCUT2D eigenvalue weighted by Crippen LogP contribution is -2.20. The molecule has 0 unspecified atom stereocenters. The van der Waals surface area contributed by atoms with Crippen LogP contribution < -0.4 is 15.1 Å². The van der Waals surface area contributed by atoms with E-state index in [-0.39, 0.29) is 17.9 Å². The minimum Gasteiger partial charge on any atom is -0.482 e. The first-order valence-electron chi connectivity index (χ1n) is 9.14. The molecule has 0 aliphatic carbocycles. The van der Waals surface area contributed by atoms with Gasteiger partial charge in [0.15, 0.2) is 12.4 Å². The highest BCUT2D eigenvalue weighted by atomic mass is 16.6. The molecule has 0 bridgehead atoms. The lowest BCUT2D eigenvalue weighted by Gasteiger charge is -2.13. The Hall–Kier alpha value is -3.86. The van der Waals surface area contributed by atoms with Gasteiger partial charge in [-0.05, 0) is 36.2 Å². The second-order valence-corrected chi connectivity index (χ2v) is 6.48. The molecule has 0 saturated heterocycles. The van der Waals surface area contributed by atoms with E-state index in [1.54, 1.807) is 54.6 Å². The van der Waals surface area contributed by atoms with Crippen molar-refractivity contribution in [3.05, 3.63) is 94.8 Å². The Bertz CT molecular complexity index is 1220. The minimum atomic E-state index is -0.610. The number of carbonyl (C=O) groups is 1. The second-order valence-electron chi connectivity index (χ2n) is 6.48. The van der Waals surface area contributed by atoms with Crippen LogP contribution in [0.3, 0.4) is 0 Å². The van der Waals surface area contributed by atoms with Crippen molar-refractivity contribution in [3.8, 4) is 22.6 Å². The SMILES string of the molecule is Cc1ccccc1OCC(=O)Oc1c(-c2ccccc2)c(=O)oc2ccccc12.